The molecule has 1 amide bonds. The van der Waals surface area contributed by atoms with Crippen LogP contribution in [0.2, 0.25) is 0 Å². The molecule has 7 nitrogen and oxygen atoms in total. The van der Waals surface area contributed by atoms with Crippen molar-refractivity contribution in [3.63, 3.8) is 0 Å². The first-order valence-corrected chi connectivity index (χ1v) is 8.22. The van der Waals surface area contributed by atoms with Crippen LogP contribution in [-0.2, 0) is 6.54 Å². The van der Waals surface area contributed by atoms with Crippen LogP contribution in [0.1, 0.15) is 23.0 Å². The lowest BCUT2D eigenvalue weighted by molar-refractivity contribution is 0.0945. The van der Waals surface area contributed by atoms with E-state index in [1.807, 2.05) is 12.1 Å². The highest BCUT2D eigenvalue weighted by Gasteiger charge is 2.18. The van der Waals surface area contributed by atoms with E-state index in [1.54, 1.807) is 18.5 Å². The van der Waals surface area contributed by atoms with E-state index in [0.717, 1.165) is 44.1 Å². The summed E-state index contributed by atoms with van der Waals surface area (Å²) in [5, 5.41) is 2.87. The molecule has 24 heavy (non-hydrogen) atoms. The number of anilines is 1. The first kappa shape index (κ1) is 16.3. The van der Waals surface area contributed by atoms with Crippen molar-refractivity contribution in [1.82, 2.24) is 25.2 Å². The minimum atomic E-state index is -0.199. The fraction of sp³-hybridized carbons (Fsp3) is 0.412. The first-order valence-electron chi connectivity index (χ1n) is 8.22. The second-order valence-corrected chi connectivity index (χ2v) is 5.73. The summed E-state index contributed by atoms with van der Waals surface area (Å²) in [6, 6.07) is 5.53. The van der Waals surface area contributed by atoms with Gasteiger partial charge in [0.2, 0.25) is 0 Å². The van der Waals surface area contributed by atoms with Gasteiger partial charge in [0.15, 0.2) is 0 Å². The number of hydrogen-bond acceptors (Lipinski definition) is 6. The first-order chi connectivity index (χ1) is 11.8. The topological polar surface area (TPSA) is 74.2 Å². The lowest BCUT2D eigenvalue weighted by Gasteiger charge is -2.34. The van der Waals surface area contributed by atoms with Crippen LogP contribution in [0.3, 0.4) is 0 Å². The van der Waals surface area contributed by atoms with Crippen LogP contribution in [0.25, 0.3) is 0 Å². The predicted molar refractivity (Wildman–Crippen MR) is 91.8 cm³/mol. The molecule has 0 spiro atoms. The molecule has 1 saturated heterocycles. The lowest BCUT2D eigenvalue weighted by Crippen LogP contribution is -2.46. The van der Waals surface area contributed by atoms with Crippen molar-refractivity contribution in [2.75, 3.05) is 37.6 Å². The van der Waals surface area contributed by atoms with Crippen molar-refractivity contribution in [1.29, 1.82) is 0 Å². The Bertz CT molecular complexity index is 670. The molecule has 3 rings (SSSR count). The van der Waals surface area contributed by atoms with Gasteiger partial charge < -0.3 is 15.1 Å². The van der Waals surface area contributed by atoms with Gasteiger partial charge in [-0.1, -0.05) is 13.0 Å². The second kappa shape index (κ2) is 7.83. The van der Waals surface area contributed by atoms with Gasteiger partial charge in [-0.05, 0) is 18.2 Å². The van der Waals surface area contributed by atoms with Gasteiger partial charge in [0.25, 0.3) is 5.91 Å². The van der Waals surface area contributed by atoms with E-state index in [-0.39, 0.29) is 5.91 Å². The average molecular weight is 326 g/mol. The summed E-state index contributed by atoms with van der Waals surface area (Å²) in [7, 11) is 0. The Morgan fingerprint density at radius 3 is 2.79 bits per heavy atom. The lowest BCUT2D eigenvalue weighted by atomic mass is 10.2. The summed E-state index contributed by atoms with van der Waals surface area (Å²) in [5.41, 5.74) is 1.35. The highest BCUT2D eigenvalue weighted by atomic mass is 16.1. The number of carbonyl (C=O) groups excluding carboxylic acids is 1. The standard InChI is InChI=1S/C17H22N6O/c1-2-22-6-8-23(9-7-22)16-10-15(20-13-21-16)17(24)19-12-14-4-3-5-18-11-14/h3-5,10-11,13H,2,6-9,12H2,1H3,(H,19,24). The Balaban J connectivity index is 1.61. The zero-order valence-electron chi connectivity index (χ0n) is 13.9. The van der Waals surface area contributed by atoms with Crippen molar-refractivity contribution in [3.05, 3.63) is 48.2 Å². The van der Waals surface area contributed by atoms with Crippen LogP contribution in [0.15, 0.2) is 36.9 Å². The van der Waals surface area contributed by atoms with Crippen LogP contribution in [-0.4, -0.2) is 58.5 Å². The third-order valence-electron chi connectivity index (χ3n) is 4.20. The zero-order chi connectivity index (χ0) is 16.8. The van der Waals surface area contributed by atoms with Crippen molar-refractivity contribution < 1.29 is 4.79 Å². The molecule has 0 aliphatic carbocycles. The molecule has 0 unspecified atom stereocenters. The van der Waals surface area contributed by atoms with Gasteiger partial charge in [-0.3, -0.25) is 9.78 Å². The van der Waals surface area contributed by atoms with E-state index in [4.69, 9.17) is 0 Å². The molecule has 1 aliphatic heterocycles. The fourth-order valence-corrected chi connectivity index (χ4v) is 2.71. The summed E-state index contributed by atoms with van der Waals surface area (Å²) in [6.07, 6.45) is 4.90. The Kier molecular flexibility index (Phi) is 5.32. The smallest absolute Gasteiger partial charge is 0.270 e. The molecule has 7 heteroatoms. The predicted octanol–water partition coefficient (Wildman–Crippen LogP) is 0.943. The molecule has 1 N–H and O–H groups in total. The molecule has 0 radical (unpaired) electrons. The maximum Gasteiger partial charge on any atom is 0.270 e. The number of pyridine rings is 1. The average Bonchev–Trinajstić information content (AvgIpc) is 2.67. The molecule has 0 atom stereocenters. The Labute approximate surface area is 141 Å². The van der Waals surface area contributed by atoms with Crippen LogP contribution in [0.5, 0.6) is 0 Å². The minimum absolute atomic E-state index is 0.199. The summed E-state index contributed by atoms with van der Waals surface area (Å²) in [4.78, 5) is 29.4. The maximum atomic E-state index is 12.3. The summed E-state index contributed by atoms with van der Waals surface area (Å²) in [6.45, 7) is 7.54. The van der Waals surface area contributed by atoms with E-state index in [2.05, 4.69) is 37.0 Å². The van der Waals surface area contributed by atoms with E-state index in [0.29, 0.717) is 12.2 Å². The van der Waals surface area contributed by atoms with Gasteiger partial charge in [-0.25, -0.2) is 9.97 Å². The molecule has 3 heterocycles. The summed E-state index contributed by atoms with van der Waals surface area (Å²) >= 11 is 0. The third kappa shape index (κ3) is 4.05. The number of carbonyl (C=O) groups is 1. The zero-order valence-corrected chi connectivity index (χ0v) is 13.9. The van der Waals surface area contributed by atoms with Crippen molar-refractivity contribution in [3.8, 4) is 0 Å². The van der Waals surface area contributed by atoms with Crippen LogP contribution in [0, 0.1) is 0 Å². The van der Waals surface area contributed by atoms with Gasteiger partial charge >= 0.3 is 0 Å². The van der Waals surface area contributed by atoms with Crippen LogP contribution in [0.4, 0.5) is 5.82 Å². The normalized spacial score (nSPS) is 15.3. The molecule has 2 aromatic rings. The van der Waals surface area contributed by atoms with Crippen molar-refractivity contribution in [2.45, 2.75) is 13.5 Å². The molecular weight excluding hydrogens is 304 g/mol. The van der Waals surface area contributed by atoms with E-state index in [9.17, 15) is 4.79 Å². The van der Waals surface area contributed by atoms with Crippen molar-refractivity contribution in [2.24, 2.45) is 0 Å². The number of aromatic nitrogens is 3. The largest absolute Gasteiger partial charge is 0.354 e. The minimum Gasteiger partial charge on any atom is -0.354 e. The Hall–Kier alpha value is -2.54. The number of piperazine rings is 1. The second-order valence-electron chi connectivity index (χ2n) is 5.73. The van der Waals surface area contributed by atoms with Crippen LogP contribution < -0.4 is 10.2 Å². The number of rotatable bonds is 5. The summed E-state index contributed by atoms with van der Waals surface area (Å²) < 4.78 is 0. The van der Waals surface area contributed by atoms with Crippen molar-refractivity contribution >= 4 is 11.7 Å². The molecule has 0 bridgehead atoms. The highest BCUT2D eigenvalue weighted by Crippen LogP contribution is 2.14. The third-order valence-corrected chi connectivity index (χ3v) is 4.20. The van der Waals surface area contributed by atoms with Gasteiger partial charge in [0.1, 0.15) is 17.8 Å². The molecule has 1 aliphatic rings. The molecular formula is C17H22N6O. The molecule has 126 valence electrons. The molecule has 1 fully saturated rings. The summed E-state index contributed by atoms with van der Waals surface area (Å²) in [5.74, 6) is 0.613. The molecule has 0 saturated carbocycles. The quantitative estimate of drug-likeness (QED) is 0.881. The maximum absolute atomic E-state index is 12.3. The molecule has 0 aromatic carbocycles. The van der Waals surface area contributed by atoms with Crippen LogP contribution >= 0.6 is 0 Å². The van der Waals surface area contributed by atoms with E-state index >= 15 is 0 Å². The number of likely N-dealkylation sites (N-methyl/N-ethyl adjacent to an activating group) is 1. The van der Waals surface area contributed by atoms with E-state index < -0.39 is 0 Å². The van der Waals surface area contributed by atoms with Gasteiger partial charge in [0.05, 0.1) is 0 Å². The Morgan fingerprint density at radius 1 is 1.25 bits per heavy atom. The monoisotopic (exact) mass is 326 g/mol. The van der Waals surface area contributed by atoms with Gasteiger partial charge in [0, 0.05) is 51.2 Å². The van der Waals surface area contributed by atoms with Gasteiger partial charge in [-0.2, -0.15) is 0 Å². The molecule has 2 aromatic heterocycles. The Morgan fingerprint density at radius 2 is 2.08 bits per heavy atom. The number of hydrogen-bond donors (Lipinski definition) is 1. The SMILES string of the molecule is CCN1CCN(c2cc(C(=O)NCc3cccnc3)ncn2)CC1. The number of nitrogens with zero attached hydrogens (tertiary/aromatic N) is 5. The number of amides is 1. The number of nitrogens with one attached hydrogen (secondary N) is 1. The highest BCUT2D eigenvalue weighted by molar-refractivity contribution is 5.92. The van der Waals surface area contributed by atoms with Gasteiger partial charge in [-0.15, -0.1) is 0 Å². The van der Waals surface area contributed by atoms with E-state index in [1.165, 1.54) is 6.33 Å². The fourth-order valence-electron chi connectivity index (χ4n) is 2.71.